The van der Waals surface area contributed by atoms with Crippen LogP contribution in [0, 0.1) is 0 Å². The Balaban J connectivity index is 2.07. The fourth-order valence-electron chi connectivity index (χ4n) is 2.03. The van der Waals surface area contributed by atoms with E-state index in [9.17, 15) is 9.90 Å². The normalized spacial score (nSPS) is 14.6. The first-order valence-electron chi connectivity index (χ1n) is 5.67. The molecule has 1 aliphatic carbocycles. The highest BCUT2D eigenvalue weighted by atomic mass is 35.5. The van der Waals surface area contributed by atoms with Crippen molar-refractivity contribution in [2.75, 3.05) is 0 Å². The molecule has 1 N–H and O–H groups in total. The van der Waals surface area contributed by atoms with E-state index in [2.05, 4.69) is 4.98 Å². The van der Waals surface area contributed by atoms with Crippen LogP contribution < -0.4 is 0 Å². The van der Waals surface area contributed by atoms with Gasteiger partial charge in [-0.3, -0.25) is 4.79 Å². The fourth-order valence-corrected chi connectivity index (χ4v) is 3.33. The Morgan fingerprint density at radius 1 is 1.33 bits per heavy atom. The molecular formula is C13H10ClNO2S. The van der Waals surface area contributed by atoms with Gasteiger partial charge in [-0.1, -0.05) is 11.6 Å². The Kier molecular flexibility index (Phi) is 2.84. The minimum atomic E-state index is 0.0535. The molecule has 1 heterocycles. The molecule has 0 radical (unpaired) electrons. The van der Waals surface area contributed by atoms with Gasteiger partial charge in [-0.25, -0.2) is 4.98 Å². The zero-order chi connectivity index (χ0) is 12.7. The first-order chi connectivity index (χ1) is 8.65. The molecule has 0 spiro atoms. The van der Waals surface area contributed by atoms with Gasteiger partial charge in [-0.15, -0.1) is 11.3 Å². The van der Waals surface area contributed by atoms with E-state index < -0.39 is 0 Å². The van der Waals surface area contributed by atoms with Crippen molar-refractivity contribution < 1.29 is 9.90 Å². The number of phenols is 1. The predicted octanol–water partition coefficient (Wildman–Crippen LogP) is 3.69. The van der Waals surface area contributed by atoms with Gasteiger partial charge in [0.05, 0.1) is 5.02 Å². The molecule has 0 bridgehead atoms. The van der Waals surface area contributed by atoms with Crippen molar-refractivity contribution in [1.29, 1.82) is 0 Å². The van der Waals surface area contributed by atoms with Crippen LogP contribution in [0.5, 0.6) is 5.75 Å². The topological polar surface area (TPSA) is 50.2 Å². The van der Waals surface area contributed by atoms with Gasteiger partial charge < -0.3 is 5.11 Å². The molecule has 3 nitrogen and oxygen atoms in total. The predicted molar refractivity (Wildman–Crippen MR) is 71.5 cm³/mol. The summed E-state index contributed by atoms with van der Waals surface area (Å²) in [5.74, 6) is 0.182. The molecule has 5 heteroatoms. The highest BCUT2D eigenvalue weighted by molar-refractivity contribution is 7.15. The van der Waals surface area contributed by atoms with Crippen LogP contribution in [-0.4, -0.2) is 15.9 Å². The van der Waals surface area contributed by atoms with E-state index in [0.717, 1.165) is 28.3 Å². The summed E-state index contributed by atoms with van der Waals surface area (Å²) < 4.78 is 0. The number of carbonyl (C=O) groups excluding carboxylic acids is 1. The van der Waals surface area contributed by atoms with E-state index in [-0.39, 0.29) is 11.5 Å². The number of thiazole rings is 1. The first kappa shape index (κ1) is 11.7. The first-order valence-corrected chi connectivity index (χ1v) is 6.86. The maximum atomic E-state index is 11.7. The maximum absolute atomic E-state index is 11.7. The number of hydrogen-bond acceptors (Lipinski definition) is 4. The molecule has 0 fully saturated rings. The fraction of sp³-hybridized carbons (Fsp3) is 0.231. The SMILES string of the molecule is O=C1CCCc2sc(-c3ccc(O)c(Cl)c3)nc21. The van der Waals surface area contributed by atoms with Crippen molar-refractivity contribution in [1.82, 2.24) is 4.98 Å². The summed E-state index contributed by atoms with van der Waals surface area (Å²) in [5.41, 5.74) is 1.45. The lowest BCUT2D eigenvalue weighted by atomic mass is 10.0. The van der Waals surface area contributed by atoms with Crippen molar-refractivity contribution in [2.24, 2.45) is 0 Å². The summed E-state index contributed by atoms with van der Waals surface area (Å²) in [6.45, 7) is 0. The van der Waals surface area contributed by atoms with Crippen LogP contribution in [0.15, 0.2) is 18.2 Å². The zero-order valence-electron chi connectivity index (χ0n) is 9.44. The number of carbonyl (C=O) groups is 1. The third-order valence-corrected chi connectivity index (χ3v) is 4.43. The van der Waals surface area contributed by atoms with Gasteiger partial charge in [-0.05, 0) is 31.0 Å². The number of phenolic OH excluding ortho intramolecular Hbond substituents is 1. The van der Waals surface area contributed by atoms with Gasteiger partial charge >= 0.3 is 0 Å². The molecule has 18 heavy (non-hydrogen) atoms. The molecule has 92 valence electrons. The van der Waals surface area contributed by atoms with Crippen LogP contribution in [0.2, 0.25) is 5.02 Å². The minimum absolute atomic E-state index is 0.0535. The smallest absolute Gasteiger partial charge is 0.182 e. The second-order valence-electron chi connectivity index (χ2n) is 4.23. The van der Waals surface area contributed by atoms with Crippen LogP contribution in [0.3, 0.4) is 0 Å². The van der Waals surface area contributed by atoms with E-state index in [1.807, 2.05) is 0 Å². The number of nitrogens with zero attached hydrogens (tertiary/aromatic N) is 1. The Hall–Kier alpha value is -1.39. The highest BCUT2D eigenvalue weighted by Crippen LogP contribution is 2.35. The van der Waals surface area contributed by atoms with Crippen LogP contribution >= 0.6 is 22.9 Å². The molecule has 1 aromatic carbocycles. The molecular weight excluding hydrogens is 270 g/mol. The van der Waals surface area contributed by atoms with Gasteiger partial charge in [0, 0.05) is 16.9 Å². The Morgan fingerprint density at radius 3 is 2.89 bits per heavy atom. The second kappa shape index (κ2) is 4.37. The molecule has 0 aliphatic heterocycles. The van der Waals surface area contributed by atoms with Crippen molar-refractivity contribution in [3.8, 4) is 16.3 Å². The van der Waals surface area contributed by atoms with Crippen molar-refractivity contribution >= 4 is 28.7 Å². The summed E-state index contributed by atoms with van der Waals surface area (Å²) in [5, 5.41) is 10.5. The Labute approximate surface area is 113 Å². The highest BCUT2D eigenvalue weighted by Gasteiger charge is 2.22. The number of aromatic hydroxyl groups is 1. The minimum Gasteiger partial charge on any atom is -0.506 e. The van der Waals surface area contributed by atoms with Crippen LogP contribution in [0.25, 0.3) is 10.6 Å². The number of benzene rings is 1. The summed E-state index contributed by atoms with van der Waals surface area (Å²) in [6, 6.07) is 4.97. The number of aromatic nitrogens is 1. The van der Waals surface area contributed by atoms with Gasteiger partial charge in [0.25, 0.3) is 0 Å². The average Bonchev–Trinajstić information content (AvgIpc) is 2.78. The summed E-state index contributed by atoms with van der Waals surface area (Å²) in [4.78, 5) is 17.2. The summed E-state index contributed by atoms with van der Waals surface area (Å²) >= 11 is 7.41. The molecule has 0 unspecified atom stereocenters. The van der Waals surface area contributed by atoms with E-state index in [1.165, 1.54) is 11.3 Å². The lowest BCUT2D eigenvalue weighted by Crippen LogP contribution is -2.08. The van der Waals surface area contributed by atoms with Crippen molar-refractivity contribution in [3.63, 3.8) is 0 Å². The third kappa shape index (κ3) is 1.91. The monoisotopic (exact) mass is 279 g/mol. The lowest BCUT2D eigenvalue weighted by molar-refractivity contribution is 0.0968. The van der Waals surface area contributed by atoms with Gasteiger partial charge in [0.2, 0.25) is 0 Å². The standard InChI is InChI=1S/C13H10ClNO2S/c14-8-6-7(4-5-9(8)16)13-15-12-10(17)2-1-3-11(12)18-13/h4-6,16H,1-3H2. The molecule has 1 aliphatic rings. The number of ketones is 1. The van der Waals surface area contributed by atoms with E-state index in [0.29, 0.717) is 17.1 Å². The molecule has 1 aromatic heterocycles. The summed E-state index contributed by atoms with van der Waals surface area (Å²) in [7, 11) is 0. The average molecular weight is 280 g/mol. The van der Waals surface area contributed by atoms with Crippen LogP contribution in [0.1, 0.15) is 28.2 Å². The van der Waals surface area contributed by atoms with Gasteiger partial charge in [0.15, 0.2) is 5.78 Å². The van der Waals surface area contributed by atoms with Crippen molar-refractivity contribution in [3.05, 3.63) is 33.8 Å². The number of hydrogen-bond donors (Lipinski definition) is 1. The van der Waals surface area contributed by atoms with E-state index in [1.54, 1.807) is 18.2 Å². The molecule has 0 amide bonds. The van der Waals surface area contributed by atoms with Crippen LogP contribution in [-0.2, 0) is 6.42 Å². The number of fused-ring (bicyclic) bond motifs is 1. The van der Waals surface area contributed by atoms with Crippen molar-refractivity contribution in [2.45, 2.75) is 19.3 Å². The molecule has 2 aromatic rings. The maximum Gasteiger partial charge on any atom is 0.182 e. The molecule has 0 atom stereocenters. The number of rotatable bonds is 1. The number of halogens is 1. The molecule has 3 rings (SSSR count). The Bertz CT molecular complexity index is 636. The second-order valence-corrected chi connectivity index (χ2v) is 5.72. The van der Waals surface area contributed by atoms with E-state index >= 15 is 0 Å². The van der Waals surface area contributed by atoms with E-state index in [4.69, 9.17) is 11.6 Å². The number of aryl methyl sites for hydroxylation is 1. The van der Waals surface area contributed by atoms with Gasteiger partial charge in [-0.2, -0.15) is 0 Å². The third-order valence-electron chi connectivity index (χ3n) is 2.96. The quantitative estimate of drug-likeness (QED) is 0.866. The largest absolute Gasteiger partial charge is 0.506 e. The van der Waals surface area contributed by atoms with Gasteiger partial charge in [0.1, 0.15) is 16.5 Å². The lowest BCUT2D eigenvalue weighted by Gasteiger charge is -2.06. The molecule has 0 saturated carbocycles. The zero-order valence-corrected chi connectivity index (χ0v) is 11.0. The molecule has 0 saturated heterocycles. The number of Topliss-reactive ketones (excluding diaryl/α,β-unsaturated/α-hetero) is 1. The Morgan fingerprint density at radius 2 is 2.17 bits per heavy atom. The summed E-state index contributed by atoms with van der Waals surface area (Å²) in [6.07, 6.45) is 2.42. The van der Waals surface area contributed by atoms with Crippen LogP contribution in [0.4, 0.5) is 0 Å².